The molecule has 0 saturated carbocycles. The highest BCUT2D eigenvalue weighted by atomic mass is 16.5. The Morgan fingerprint density at radius 1 is 1.21 bits per heavy atom. The summed E-state index contributed by atoms with van der Waals surface area (Å²) in [6.07, 6.45) is 1.13. The molecule has 0 atom stereocenters. The predicted molar refractivity (Wildman–Crippen MR) is 91.9 cm³/mol. The number of ether oxygens (including phenoxy) is 1. The molecule has 0 aliphatic heterocycles. The van der Waals surface area contributed by atoms with Crippen molar-refractivity contribution in [2.75, 3.05) is 7.11 Å². The Kier molecular flexibility index (Phi) is 4.79. The Hall–Kier alpha value is -2.82. The molecule has 0 unspecified atom stereocenters. The molecule has 0 spiro atoms. The Labute approximate surface area is 140 Å². The van der Waals surface area contributed by atoms with Crippen LogP contribution in [0.2, 0.25) is 0 Å². The number of fused-ring (bicyclic) bond motifs is 1. The number of aromatic nitrogens is 1. The summed E-state index contributed by atoms with van der Waals surface area (Å²) < 4.78 is 10.6. The average Bonchev–Trinajstić information content (AvgIpc) is 2.97. The van der Waals surface area contributed by atoms with Gasteiger partial charge in [-0.05, 0) is 41.8 Å². The molecule has 0 bridgehead atoms. The minimum atomic E-state index is 0.0225. The highest BCUT2D eigenvalue weighted by Crippen LogP contribution is 2.17. The van der Waals surface area contributed by atoms with Gasteiger partial charge in [0.2, 0.25) is 5.91 Å². The zero-order valence-electron chi connectivity index (χ0n) is 13.8. The topological polar surface area (TPSA) is 64.4 Å². The molecule has 124 valence electrons. The van der Waals surface area contributed by atoms with E-state index in [-0.39, 0.29) is 5.91 Å². The molecular weight excluding hydrogens is 304 g/mol. The average molecular weight is 324 g/mol. The second kappa shape index (κ2) is 7.17. The van der Waals surface area contributed by atoms with Crippen LogP contribution in [-0.2, 0) is 17.8 Å². The van der Waals surface area contributed by atoms with Gasteiger partial charge in [-0.3, -0.25) is 4.79 Å². The molecule has 0 aliphatic rings. The summed E-state index contributed by atoms with van der Waals surface area (Å²) in [6, 6.07) is 13.5. The van der Waals surface area contributed by atoms with Crippen LogP contribution in [0.5, 0.6) is 5.75 Å². The number of oxazole rings is 1. The van der Waals surface area contributed by atoms with Gasteiger partial charge in [-0.25, -0.2) is 4.98 Å². The van der Waals surface area contributed by atoms with Crippen LogP contribution in [0.4, 0.5) is 0 Å². The molecule has 3 rings (SSSR count). The summed E-state index contributed by atoms with van der Waals surface area (Å²) in [5.41, 5.74) is 3.67. The third-order valence-corrected chi connectivity index (χ3v) is 3.82. The Balaban J connectivity index is 1.52. The van der Waals surface area contributed by atoms with Crippen molar-refractivity contribution in [3.63, 3.8) is 0 Å². The lowest BCUT2D eigenvalue weighted by Gasteiger charge is -2.06. The van der Waals surface area contributed by atoms with E-state index in [1.807, 2.05) is 49.4 Å². The quantitative estimate of drug-likeness (QED) is 0.755. The highest BCUT2D eigenvalue weighted by molar-refractivity contribution is 5.77. The van der Waals surface area contributed by atoms with E-state index in [2.05, 4.69) is 10.3 Å². The Morgan fingerprint density at radius 2 is 2.08 bits per heavy atom. The molecule has 1 heterocycles. The van der Waals surface area contributed by atoms with E-state index in [1.165, 1.54) is 0 Å². The molecule has 1 N–H and O–H groups in total. The molecule has 0 saturated heterocycles. The fourth-order valence-corrected chi connectivity index (χ4v) is 2.57. The number of hydrogen-bond donors (Lipinski definition) is 1. The normalized spacial score (nSPS) is 10.8. The Morgan fingerprint density at radius 3 is 2.92 bits per heavy atom. The standard InChI is InChI=1S/C19H20N2O3/c1-13-21-17-11-15(6-8-18(17)24-13)12-20-19(22)9-7-14-4-3-5-16(10-14)23-2/h3-6,8,10-11H,7,9,12H2,1-2H3,(H,20,22). The van der Waals surface area contributed by atoms with Crippen LogP contribution < -0.4 is 10.1 Å². The number of nitrogens with one attached hydrogen (secondary N) is 1. The third kappa shape index (κ3) is 3.93. The second-order valence-corrected chi connectivity index (χ2v) is 5.66. The first-order chi connectivity index (χ1) is 11.6. The minimum Gasteiger partial charge on any atom is -0.497 e. The fraction of sp³-hybridized carbons (Fsp3) is 0.263. The summed E-state index contributed by atoms with van der Waals surface area (Å²) >= 11 is 0. The number of nitrogens with zero attached hydrogens (tertiary/aromatic N) is 1. The van der Waals surface area contributed by atoms with Crippen molar-refractivity contribution in [2.24, 2.45) is 0 Å². The monoisotopic (exact) mass is 324 g/mol. The molecule has 5 nitrogen and oxygen atoms in total. The van der Waals surface area contributed by atoms with Gasteiger partial charge in [-0.1, -0.05) is 18.2 Å². The number of carbonyl (C=O) groups excluding carboxylic acids is 1. The lowest BCUT2D eigenvalue weighted by molar-refractivity contribution is -0.121. The van der Waals surface area contributed by atoms with Gasteiger partial charge in [0.1, 0.15) is 11.3 Å². The van der Waals surface area contributed by atoms with Gasteiger partial charge >= 0.3 is 0 Å². The van der Waals surface area contributed by atoms with E-state index in [1.54, 1.807) is 7.11 Å². The van der Waals surface area contributed by atoms with Crippen LogP contribution >= 0.6 is 0 Å². The van der Waals surface area contributed by atoms with Gasteiger partial charge in [-0.15, -0.1) is 0 Å². The first-order valence-electron chi connectivity index (χ1n) is 7.90. The molecule has 1 amide bonds. The minimum absolute atomic E-state index is 0.0225. The zero-order chi connectivity index (χ0) is 16.9. The van der Waals surface area contributed by atoms with E-state index in [0.717, 1.165) is 28.0 Å². The number of rotatable bonds is 6. The van der Waals surface area contributed by atoms with E-state index in [0.29, 0.717) is 25.3 Å². The molecular formula is C19H20N2O3. The highest BCUT2D eigenvalue weighted by Gasteiger charge is 2.06. The van der Waals surface area contributed by atoms with Crippen molar-refractivity contribution in [3.8, 4) is 5.75 Å². The van der Waals surface area contributed by atoms with Crippen molar-refractivity contribution in [2.45, 2.75) is 26.3 Å². The van der Waals surface area contributed by atoms with Crippen LogP contribution in [0.3, 0.4) is 0 Å². The maximum Gasteiger partial charge on any atom is 0.220 e. The van der Waals surface area contributed by atoms with Crippen LogP contribution in [0.15, 0.2) is 46.9 Å². The molecule has 3 aromatic rings. The number of aryl methyl sites for hydroxylation is 2. The summed E-state index contributed by atoms with van der Waals surface area (Å²) in [4.78, 5) is 16.3. The molecule has 0 radical (unpaired) electrons. The lowest BCUT2D eigenvalue weighted by Crippen LogP contribution is -2.22. The van der Waals surface area contributed by atoms with Gasteiger partial charge in [0.25, 0.3) is 0 Å². The number of carbonyl (C=O) groups is 1. The first kappa shape index (κ1) is 16.1. The summed E-state index contributed by atoms with van der Waals surface area (Å²) in [5.74, 6) is 1.47. The van der Waals surface area contributed by atoms with Crippen molar-refractivity contribution in [1.29, 1.82) is 0 Å². The molecule has 1 aromatic heterocycles. The van der Waals surface area contributed by atoms with Crippen LogP contribution in [0.1, 0.15) is 23.4 Å². The van der Waals surface area contributed by atoms with Crippen molar-refractivity contribution in [1.82, 2.24) is 10.3 Å². The van der Waals surface area contributed by atoms with Crippen molar-refractivity contribution < 1.29 is 13.9 Å². The van der Waals surface area contributed by atoms with Gasteiger partial charge < -0.3 is 14.5 Å². The smallest absolute Gasteiger partial charge is 0.220 e. The maximum absolute atomic E-state index is 12.0. The van der Waals surface area contributed by atoms with E-state index < -0.39 is 0 Å². The molecule has 5 heteroatoms. The fourth-order valence-electron chi connectivity index (χ4n) is 2.57. The number of amides is 1. The number of benzene rings is 2. The van der Waals surface area contributed by atoms with Gasteiger partial charge in [0.15, 0.2) is 11.5 Å². The largest absolute Gasteiger partial charge is 0.497 e. The predicted octanol–water partition coefficient (Wildman–Crippen LogP) is 3.39. The van der Waals surface area contributed by atoms with Crippen molar-refractivity contribution >= 4 is 17.0 Å². The molecule has 24 heavy (non-hydrogen) atoms. The van der Waals surface area contributed by atoms with Crippen LogP contribution in [0.25, 0.3) is 11.1 Å². The third-order valence-electron chi connectivity index (χ3n) is 3.82. The first-order valence-corrected chi connectivity index (χ1v) is 7.90. The second-order valence-electron chi connectivity index (χ2n) is 5.66. The van der Waals surface area contributed by atoms with E-state index >= 15 is 0 Å². The maximum atomic E-state index is 12.0. The molecule has 0 fully saturated rings. The summed E-state index contributed by atoms with van der Waals surface area (Å²) in [5, 5.41) is 2.94. The zero-order valence-corrected chi connectivity index (χ0v) is 13.8. The Bertz CT molecular complexity index is 855. The van der Waals surface area contributed by atoms with Gasteiger partial charge in [0, 0.05) is 19.9 Å². The molecule has 2 aromatic carbocycles. The van der Waals surface area contributed by atoms with E-state index in [9.17, 15) is 4.79 Å². The SMILES string of the molecule is COc1cccc(CCC(=O)NCc2ccc3oc(C)nc3c2)c1. The number of hydrogen-bond acceptors (Lipinski definition) is 4. The summed E-state index contributed by atoms with van der Waals surface area (Å²) in [6.45, 7) is 2.30. The number of methoxy groups -OCH3 is 1. The van der Waals surface area contributed by atoms with Gasteiger partial charge in [0.05, 0.1) is 7.11 Å². The van der Waals surface area contributed by atoms with Crippen LogP contribution in [-0.4, -0.2) is 18.0 Å². The van der Waals surface area contributed by atoms with Crippen LogP contribution in [0, 0.1) is 6.92 Å². The van der Waals surface area contributed by atoms with Gasteiger partial charge in [-0.2, -0.15) is 0 Å². The lowest BCUT2D eigenvalue weighted by atomic mass is 10.1. The van der Waals surface area contributed by atoms with E-state index in [4.69, 9.17) is 9.15 Å². The van der Waals surface area contributed by atoms with Crippen molar-refractivity contribution in [3.05, 3.63) is 59.5 Å². The molecule has 0 aliphatic carbocycles. The summed E-state index contributed by atoms with van der Waals surface area (Å²) in [7, 11) is 1.64.